The van der Waals surface area contributed by atoms with Crippen molar-refractivity contribution < 1.29 is 19.4 Å². The Kier molecular flexibility index (Phi) is 4.74. The predicted octanol–water partition coefficient (Wildman–Crippen LogP) is 4.68. The van der Waals surface area contributed by atoms with Gasteiger partial charge in [-0.1, -0.05) is 35.9 Å². The number of hydrogen-bond acceptors (Lipinski definition) is 7. The molecule has 9 heteroatoms. The van der Waals surface area contributed by atoms with Gasteiger partial charge in [0.1, 0.15) is 12.6 Å². The number of aliphatic carboxylic acids is 1. The molecule has 2 aromatic carbocycles. The number of oxazole rings is 1. The molecule has 0 unspecified atom stereocenters. The minimum atomic E-state index is -1.11. The number of fused-ring (bicyclic) bond motifs is 1. The van der Waals surface area contributed by atoms with Crippen molar-refractivity contribution in [2.45, 2.75) is 13.5 Å². The molecule has 0 amide bonds. The lowest BCUT2D eigenvalue weighted by Gasteiger charge is -2.02. The van der Waals surface area contributed by atoms with Gasteiger partial charge in [-0.25, -0.2) is 0 Å². The summed E-state index contributed by atoms with van der Waals surface area (Å²) in [6.07, 6.45) is 0. The lowest BCUT2D eigenvalue weighted by Crippen LogP contribution is -2.07. The predicted molar refractivity (Wildman–Crippen MR) is 107 cm³/mol. The summed E-state index contributed by atoms with van der Waals surface area (Å²) in [6, 6.07) is 16.1. The van der Waals surface area contributed by atoms with E-state index < -0.39 is 12.5 Å². The number of aromatic nitrogens is 2. The Morgan fingerprint density at radius 2 is 1.93 bits per heavy atom. The Hall–Kier alpha value is -4.45. The Morgan fingerprint density at radius 3 is 2.63 bits per heavy atom. The van der Waals surface area contributed by atoms with E-state index in [2.05, 4.69) is 15.2 Å². The summed E-state index contributed by atoms with van der Waals surface area (Å²) in [5, 5.41) is 37.5. The Labute approximate surface area is 170 Å². The lowest BCUT2D eigenvalue weighted by molar-refractivity contribution is -0.137. The zero-order chi connectivity index (χ0) is 21.3. The molecule has 0 saturated carbocycles. The van der Waals surface area contributed by atoms with Gasteiger partial charge in [-0.3, -0.25) is 9.36 Å². The number of carboxylic acid groups (broad SMARTS) is 1. The summed E-state index contributed by atoms with van der Waals surface area (Å²) in [6.45, 7) is 1.51. The van der Waals surface area contributed by atoms with Gasteiger partial charge in [0.2, 0.25) is 17.5 Å². The summed E-state index contributed by atoms with van der Waals surface area (Å²) in [5.74, 6) is -1.35. The molecule has 0 spiro atoms. The topological polar surface area (TPSA) is 137 Å². The van der Waals surface area contributed by atoms with Crippen LogP contribution in [-0.4, -0.2) is 25.7 Å². The smallest absolute Gasteiger partial charge is 0.323 e. The summed E-state index contributed by atoms with van der Waals surface area (Å²) >= 11 is 0. The third-order valence-electron chi connectivity index (χ3n) is 4.47. The summed E-state index contributed by atoms with van der Waals surface area (Å²) in [5.41, 5.74) is 2.26. The highest BCUT2D eigenvalue weighted by Gasteiger charge is 2.19. The molecular weight excluding hydrogens is 386 g/mol. The van der Waals surface area contributed by atoms with Gasteiger partial charge in [0, 0.05) is 10.9 Å². The third kappa shape index (κ3) is 3.38. The molecule has 0 aliphatic rings. The van der Waals surface area contributed by atoms with E-state index in [4.69, 9.17) is 9.52 Å². The number of para-hydroxylation sites is 1. The average Bonchev–Trinajstić information content (AvgIpc) is 3.26. The standard InChI is InChI=1S/C21H15N5O4/c1-12-6-8-13(9-7-12)19-23-15(10-22)20(30-19)25-24-18-14-4-2-3-5-16(14)26(21(18)29)11-17(27)28/h2-9,29H,11H2,1H3,(H,27,28). The lowest BCUT2D eigenvalue weighted by atomic mass is 10.1. The average molecular weight is 401 g/mol. The first-order valence-corrected chi connectivity index (χ1v) is 8.89. The number of nitrogens with zero attached hydrogens (tertiary/aromatic N) is 5. The van der Waals surface area contributed by atoms with Crippen molar-refractivity contribution in [1.82, 2.24) is 9.55 Å². The zero-order valence-corrected chi connectivity index (χ0v) is 15.8. The van der Waals surface area contributed by atoms with Crippen LogP contribution in [-0.2, 0) is 11.3 Å². The zero-order valence-electron chi connectivity index (χ0n) is 15.8. The van der Waals surface area contributed by atoms with Crippen LogP contribution in [0.25, 0.3) is 22.4 Å². The Morgan fingerprint density at radius 1 is 1.20 bits per heavy atom. The van der Waals surface area contributed by atoms with E-state index in [1.807, 2.05) is 37.3 Å². The first-order valence-electron chi connectivity index (χ1n) is 8.89. The van der Waals surface area contributed by atoms with Crippen molar-refractivity contribution in [3.8, 4) is 23.4 Å². The van der Waals surface area contributed by atoms with Crippen molar-refractivity contribution in [3.63, 3.8) is 0 Å². The van der Waals surface area contributed by atoms with Gasteiger partial charge in [0.15, 0.2) is 5.69 Å². The second-order valence-electron chi connectivity index (χ2n) is 6.52. The molecule has 2 heterocycles. The van der Waals surface area contributed by atoms with E-state index in [0.29, 0.717) is 16.5 Å². The number of carboxylic acids is 1. The molecule has 0 aliphatic carbocycles. The van der Waals surface area contributed by atoms with Gasteiger partial charge in [0.05, 0.1) is 5.52 Å². The number of aromatic hydroxyl groups is 1. The van der Waals surface area contributed by atoms with Gasteiger partial charge in [-0.05, 0) is 25.1 Å². The molecule has 0 radical (unpaired) electrons. The molecular formula is C21H15N5O4. The fourth-order valence-corrected chi connectivity index (χ4v) is 3.03. The summed E-state index contributed by atoms with van der Waals surface area (Å²) in [7, 11) is 0. The van der Waals surface area contributed by atoms with E-state index in [1.54, 1.807) is 24.3 Å². The molecule has 148 valence electrons. The number of carbonyl (C=O) groups is 1. The van der Waals surface area contributed by atoms with Crippen LogP contribution in [0.2, 0.25) is 0 Å². The molecule has 0 bridgehead atoms. The third-order valence-corrected chi connectivity index (χ3v) is 4.47. The fourth-order valence-electron chi connectivity index (χ4n) is 3.03. The van der Waals surface area contributed by atoms with Crippen molar-refractivity contribution in [1.29, 1.82) is 5.26 Å². The molecule has 2 N–H and O–H groups in total. The highest BCUT2D eigenvalue weighted by Crippen LogP contribution is 2.40. The monoisotopic (exact) mass is 401 g/mol. The van der Waals surface area contributed by atoms with Crippen LogP contribution in [0.4, 0.5) is 11.6 Å². The number of benzene rings is 2. The molecule has 0 aliphatic heterocycles. The molecule has 4 rings (SSSR count). The quantitative estimate of drug-likeness (QED) is 0.466. The van der Waals surface area contributed by atoms with Crippen LogP contribution < -0.4 is 0 Å². The van der Waals surface area contributed by atoms with Crippen molar-refractivity contribution in [3.05, 3.63) is 59.8 Å². The van der Waals surface area contributed by atoms with Gasteiger partial charge in [-0.15, -0.1) is 10.2 Å². The van der Waals surface area contributed by atoms with Gasteiger partial charge < -0.3 is 14.6 Å². The number of aryl methyl sites for hydroxylation is 1. The number of hydrogen-bond donors (Lipinski definition) is 2. The highest BCUT2D eigenvalue weighted by molar-refractivity contribution is 5.95. The second-order valence-corrected chi connectivity index (χ2v) is 6.52. The van der Waals surface area contributed by atoms with E-state index in [0.717, 1.165) is 5.56 Å². The molecule has 0 saturated heterocycles. The molecule has 0 atom stereocenters. The maximum Gasteiger partial charge on any atom is 0.323 e. The molecule has 9 nitrogen and oxygen atoms in total. The SMILES string of the molecule is Cc1ccc(-c2nc(C#N)c(N=Nc3c(O)n(CC(=O)O)c4ccccc34)o2)cc1. The van der Waals surface area contributed by atoms with Crippen LogP contribution in [0.1, 0.15) is 11.3 Å². The van der Waals surface area contributed by atoms with Crippen LogP contribution in [0, 0.1) is 18.3 Å². The largest absolute Gasteiger partial charge is 0.493 e. The number of nitriles is 1. The van der Waals surface area contributed by atoms with Crippen molar-refractivity contribution in [2.75, 3.05) is 0 Å². The van der Waals surface area contributed by atoms with Crippen LogP contribution in [0.3, 0.4) is 0 Å². The maximum atomic E-state index is 11.1. The Balaban J connectivity index is 1.77. The normalized spacial score (nSPS) is 11.2. The van der Waals surface area contributed by atoms with Gasteiger partial charge in [0.25, 0.3) is 5.88 Å². The minimum absolute atomic E-state index is 0.0527. The summed E-state index contributed by atoms with van der Waals surface area (Å²) < 4.78 is 6.82. The van der Waals surface area contributed by atoms with Gasteiger partial charge in [-0.2, -0.15) is 10.2 Å². The van der Waals surface area contributed by atoms with E-state index in [1.165, 1.54) is 4.57 Å². The van der Waals surface area contributed by atoms with Gasteiger partial charge >= 0.3 is 5.97 Å². The summed E-state index contributed by atoms with van der Waals surface area (Å²) in [4.78, 5) is 15.3. The maximum absolute atomic E-state index is 11.1. The van der Waals surface area contributed by atoms with Crippen LogP contribution in [0.15, 0.2) is 63.2 Å². The van der Waals surface area contributed by atoms with E-state index in [9.17, 15) is 15.2 Å². The minimum Gasteiger partial charge on any atom is -0.493 e. The van der Waals surface area contributed by atoms with E-state index in [-0.39, 0.29) is 29.0 Å². The highest BCUT2D eigenvalue weighted by atomic mass is 16.4. The van der Waals surface area contributed by atoms with Crippen molar-refractivity contribution >= 4 is 28.4 Å². The van der Waals surface area contributed by atoms with Crippen molar-refractivity contribution in [2.24, 2.45) is 10.2 Å². The second kappa shape index (κ2) is 7.52. The molecule has 4 aromatic rings. The van der Waals surface area contributed by atoms with E-state index >= 15 is 0 Å². The molecule has 30 heavy (non-hydrogen) atoms. The van der Waals surface area contributed by atoms with Crippen LogP contribution >= 0.6 is 0 Å². The Bertz CT molecular complexity index is 1330. The molecule has 2 aromatic heterocycles. The first kappa shape index (κ1) is 18.9. The number of rotatable bonds is 5. The number of azo groups is 1. The molecule has 0 fully saturated rings. The fraction of sp³-hybridized carbons (Fsp3) is 0.0952. The van der Waals surface area contributed by atoms with Crippen LogP contribution in [0.5, 0.6) is 5.88 Å². The first-order chi connectivity index (χ1) is 14.5.